The minimum absolute atomic E-state index is 0.120. The molecule has 142 valence electrons. The van der Waals surface area contributed by atoms with Crippen LogP contribution in [0.3, 0.4) is 0 Å². The fourth-order valence-corrected chi connectivity index (χ4v) is 4.26. The van der Waals surface area contributed by atoms with Crippen molar-refractivity contribution in [1.29, 1.82) is 0 Å². The van der Waals surface area contributed by atoms with Crippen molar-refractivity contribution >= 4 is 31.7 Å². The molecule has 7 heteroatoms. The molecule has 5 nitrogen and oxygen atoms in total. The maximum absolute atomic E-state index is 12.2. The zero-order valence-electron chi connectivity index (χ0n) is 15.2. The van der Waals surface area contributed by atoms with Crippen LogP contribution in [-0.2, 0) is 25.8 Å². The van der Waals surface area contributed by atoms with E-state index in [1.54, 1.807) is 37.3 Å². The van der Waals surface area contributed by atoms with E-state index in [1.165, 1.54) is 6.26 Å². The van der Waals surface area contributed by atoms with Gasteiger partial charge < -0.3 is 9.47 Å². The molecule has 0 spiro atoms. The Balaban J connectivity index is 1.94. The Bertz CT molecular complexity index is 1020. The van der Waals surface area contributed by atoms with E-state index in [1.807, 2.05) is 19.1 Å². The van der Waals surface area contributed by atoms with Gasteiger partial charge in [-0.25, -0.2) is 13.2 Å². The average molecular weight is 451 g/mol. The number of hydrogen-bond donors (Lipinski definition) is 0. The van der Waals surface area contributed by atoms with Crippen LogP contribution in [0.1, 0.15) is 29.7 Å². The highest BCUT2D eigenvalue weighted by molar-refractivity contribution is 9.10. The second-order valence-electron chi connectivity index (χ2n) is 6.36. The summed E-state index contributed by atoms with van der Waals surface area (Å²) >= 11 is 3.35. The number of hydrogen-bond acceptors (Lipinski definition) is 5. The summed E-state index contributed by atoms with van der Waals surface area (Å²) < 4.78 is 35.9. The Labute approximate surface area is 167 Å². The topological polar surface area (TPSA) is 69.7 Å². The van der Waals surface area contributed by atoms with Gasteiger partial charge in [0.05, 0.1) is 4.90 Å². The third-order valence-corrected chi connectivity index (χ3v) is 6.07. The van der Waals surface area contributed by atoms with Crippen molar-refractivity contribution < 1.29 is 22.7 Å². The van der Waals surface area contributed by atoms with E-state index in [4.69, 9.17) is 9.47 Å². The number of rotatable bonds is 5. The highest BCUT2D eigenvalue weighted by atomic mass is 79.9. The third kappa shape index (κ3) is 4.25. The first-order valence-electron chi connectivity index (χ1n) is 8.38. The lowest BCUT2D eigenvalue weighted by Crippen LogP contribution is -2.09. The minimum atomic E-state index is -3.32. The molecule has 0 aromatic heterocycles. The molecule has 0 unspecified atom stereocenters. The molecule has 1 aliphatic heterocycles. The van der Waals surface area contributed by atoms with Crippen molar-refractivity contribution in [1.82, 2.24) is 0 Å². The fourth-order valence-electron chi connectivity index (χ4n) is 2.99. The normalized spacial score (nSPS) is 16.8. The van der Waals surface area contributed by atoms with Gasteiger partial charge in [0.2, 0.25) is 5.76 Å². The molecule has 0 saturated heterocycles. The number of halogens is 1. The first-order valence-corrected chi connectivity index (χ1v) is 11.1. The van der Waals surface area contributed by atoms with Crippen molar-refractivity contribution in [3.8, 4) is 5.75 Å². The summed E-state index contributed by atoms with van der Waals surface area (Å²) in [5.41, 5.74) is 2.21. The molecular formula is C20H19BrO5S. The van der Waals surface area contributed by atoms with Gasteiger partial charge in [-0.3, -0.25) is 0 Å². The predicted molar refractivity (Wildman–Crippen MR) is 105 cm³/mol. The number of sulfone groups is 1. The highest BCUT2D eigenvalue weighted by Gasteiger charge is 2.31. The third-order valence-electron chi connectivity index (χ3n) is 4.30. The number of ether oxygens (including phenoxy) is 2. The molecule has 0 radical (unpaired) electrons. The van der Waals surface area contributed by atoms with Crippen LogP contribution in [0.5, 0.6) is 5.75 Å². The van der Waals surface area contributed by atoms with Gasteiger partial charge in [0, 0.05) is 22.4 Å². The standard InChI is InChI=1S/C20H19BrO5S/c1-4-13-10-19(27(3,23)24)12(2)9-16(13)17-11-18(20(22)26-17)25-15-7-5-14(21)6-8-15/h5-11,17H,4H2,1-3H3/t17-/m1/s1. The molecule has 0 amide bonds. The largest absolute Gasteiger partial charge is 0.450 e. The lowest BCUT2D eigenvalue weighted by atomic mass is 9.98. The van der Waals surface area contributed by atoms with E-state index < -0.39 is 21.9 Å². The molecule has 0 N–H and O–H groups in total. The van der Waals surface area contributed by atoms with Crippen LogP contribution in [-0.4, -0.2) is 20.6 Å². The van der Waals surface area contributed by atoms with E-state index in [0.717, 1.165) is 15.6 Å². The maximum atomic E-state index is 12.2. The summed E-state index contributed by atoms with van der Waals surface area (Å²) in [6, 6.07) is 10.6. The van der Waals surface area contributed by atoms with Crippen LogP contribution in [0.4, 0.5) is 0 Å². The van der Waals surface area contributed by atoms with Crippen molar-refractivity contribution in [2.24, 2.45) is 0 Å². The zero-order valence-corrected chi connectivity index (χ0v) is 17.6. The molecule has 0 bridgehead atoms. The van der Waals surface area contributed by atoms with Crippen LogP contribution in [0.15, 0.2) is 57.6 Å². The van der Waals surface area contributed by atoms with Crippen molar-refractivity contribution in [3.05, 3.63) is 69.4 Å². The first kappa shape index (κ1) is 19.6. The number of benzene rings is 2. The second-order valence-corrected chi connectivity index (χ2v) is 9.25. The fraction of sp³-hybridized carbons (Fsp3) is 0.250. The number of aryl methyl sites for hydroxylation is 2. The summed E-state index contributed by atoms with van der Waals surface area (Å²) in [7, 11) is -3.32. The van der Waals surface area contributed by atoms with Crippen LogP contribution in [0, 0.1) is 6.92 Å². The van der Waals surface area contributed by atoms with Crippen molar-refractivity contribution in [2.45, 2.75) is 31.3 Å². The molecular weight excluding hydrogens is 432 g/mol. The molecule has 0 saturated carbocycles. The summed E-state index contributed by atoms with van der Waals surface area (Å²) in [4.78, 5) is 12.5. The molecule has 1 heterocycles. The van der Waals surface area contributed by atoms with Gasteiger partial charge in [0.25, 0.3) is 0 Å². The van der Waals surface area contributed by atoms with Gasteiger partial charge in [0.1, 0.15) is 11.9 Å². The lowest BCUT2D eigenvalue weighted by Gasteiger charge is -2.16. The lowest BCUT2D eigenvalue weighted by molar-refractivity contribution is -0.141. The van der Waals surface area contributed by atoms with Gasteiger partial charge in [0.15, 0.2) is 9.84 Å². The molecule has 0 aliphatic carbocycles. The van der Waals surface area contributed by atoms with Crippen molar-refractivity contribution in [2.75, 3.05) is 6.26 Å². The highest BCUT2D eigenvalue weighted by Crippen LogP contribution is 2.34. The molecule has 2 aromatic rings. The second kappa shape index (κ2) is 7.48. The summed E-state index contributed by atoms with van der Waals surface area (Å²) in [5, 5.41) is 0. The average Bonchev–Trinajstić information content (AvgIpc) is 2.96. The summed E-state index contributed by atoms with van der Waals surface area (Å²) in [6.07, 6.45) is 2.82. The quantitative estimate of drug-likeness (QED) is 0.635. The number of cyclic esters (lactones) is 1. The molecule has 0 fully saturated rings. The van der Waals surface area contributed by atoms with Crippen LogP contribution in [0.2, 0.25) is 0 Å². The molecule has 3 rings (SSSR count). The monoisotopic (exact) mass is 450 g/mol. The Morgan fingerprint density at radius 3 is 2.44 bits per heavy atom. The Morgan fingerprint density at radius 2 is 1.85 bits per heavy atom. The van der Waals surface area contributed by atoms with E-state index in [9.17, 15) is 13.2 Å². The van der Waals surface area contributed by atoms with E-state index in [-0.39, 0.29) is 5.76 Å². The minimum Gasteiger partial charge on any atom is -0.450 e. The van der Waals surface area contributed by atoms with Gasteiger partial charge in [-0.15, -0.1) is 0 Å². The SMILES string of the molecule is CCc1cc(S(C)(=O)=O)c(C)cc1[C@H]1C=C(Oc2ccc(Br)cc2)C(=O)O1. The molecule has 1 aliphatic rings. The molecule has 2 aromatic carbocycles. The number of esters is 1. The van der Waals surface area contributed by atoms with Crippen LogP contribution in [0.25, 0.3) is 0 Å². The van der Waals surface area contributed by atoms with Crippen molar-refractivity contribution in [3.63, 3.8) is 0 Å². The van der Waals surface area contributed by atoms with Gasteiger partial charge in [-0.1, -0.05) is 28.9 Å². The number of carbonyl (C=O) groups is 1. The van der Waals surface area contributed by atoms with Gasteiger partial charge in [-0.2, -0.15) is 0 Å². The summed E-state index contributed by atoms with van der Waals surface area (Å²) in [5.74, 6) is 0.102. The zero-order chi connectivity index (χ0) is 19.8. The first-order chi connectivity index (χ1) is 12.7. The van der Waals surface area contributed by atoms with Gasteiger partial charge >= 0.3 is 5.97 Å². The molecule has 1 atom stereocenters. The van der Waals surface area contributed by atoms with E-state index in [0.29, 0.717) is 22.6 Å². The predicted octanol–water partition coefficient (Wildman–Crippen LogP) is 4.28. The Morgan fingerprint density at radius 1 is 1.19 bits per heavy atom. The molecule has 27 heavy (non-hydrogen) atoms. The summed E-state index contributed by atoms with van der Waals surface area (Å²) in [6.45, 7) is 3.67. The maximum Gasteiger partial charge on any atom is 0.375 e. The van der Waals surface area contributed by atoms with Crippen LogP contribution >= 0.6 is 15.9 Å². The Hall–Kier alpha value is -2.12. The van der Waals surface area contributed by atoms with Crippen LogP contribution < -0.4 is 4.74 Å². The number of carbonyl (C=O) groups excluding carboxylic acids is 1. The van der Waals surface area contributed by atoms with Gasteiger partial charge in [-0.05, 0) is 54.8 Å². The Kier molecular flexibility index (Phi) is 5.44. The smallest absolute Gasteiger partial charge is 0.375 e. The van der Waals surface area contributed by atoms with E-state index >= 15 is 0 Å². The van der Waals surface area contributed by atoms with E-state index in [2.05, 4.69) is 15.9 Å².